The van der Waals surface area contributed by atoms with Gasteiger partial charge in [0, 0.05) is 19.9 Å². The van der Waals surface area contributed by atoms with Crippen molar-refractivity contribution in [3.63, 3.8) is 0 Å². The number of carbonyl (C=O) groups excluding carboxylic acids is 1. The minimum Gasteiger partial charge on any atom is -0.481 e. The van der Waals surface area contributed by atoms with Gasteiger partial charge >= 0.3 is 5.97 Å². The summed E-state index contributed by atoms with van der Waals surface area (Å²) in [5.74, 6) is -0.727. The summed E-state index contributed by atoms with van der Waals surface area (Å²) >= 11 is 0. The fourth-order valence-electron chi connectivity index (χ4n) is 0.989. The summed E-state index contributed by atoms with van der Waals surface area (Å²) in [5.41, 5.74) is 0. The molecule has 1 amide bonds. The number of nitrogens with one attached hydrogen (secondary N) is 2. The molecule has 0 bridgehead atoms. The van der Waals surface area contributed by atoms with E-state index in [0.29, 0.717) is 19.4 Å². The predicted octanol–water partition coefficient (Wildman–Crippen LogP) is -0.0330. The third kappa shape index (κ3) is 8.99. The van der Waals surface area contributed by atoms with Gasteiger partial charge in [-0.15, -0.1) is 0 Å². The van der Waals surface area contributed by atoms with Crippen molar-refractivity contribution in [2.75, 3.05) is 20.1 Å². The molecule has 0 aliphatic carbocycles. The average Bonchev–Trinajstić information content (AvgIpc) is 2.15. The topological polar surface area (TPSA) is 78.4 Å². The molecular weight excluding hydrogens is 184 g/mol. The molecule has 0 heterocycles. The third-order valence-electron chi connectivity index (χ3n) is 1.78. The molecule has 0 unspecified atom stereocenters. The van der Waals surface area contributed by atoms with Gasteiger partial charge in [-0.3, -0.25) is 9.59 Å². The zero-order chi connectivity index (χ0) is 10.8. The first-order valence-corrected chi connectivity index (χ1v) is 4.80. The van der Waals surface area contributed by atoms with Crippen LogP contribution in [0.2, 0.25) is 0 Å². The van der Waals surface area contributed by atoms with E-state index in [1.54, 1.807) is 7.05 Å². The van der Waals surface area contributed by atoms with Crippen molar-refractivity contribution in [1.82, 2.24) is 10.6 Å². The number of carbonyl (C=O) groups is 2. The molecule has 0 saturated carbocycles. The van der Waals surface area contributed by atoms with Crippen LogP contribution in [-0.2, 0) is 9.59 Å². The van der Waals surface area contributed by atoms with Crippen LogP contribution in [0.25, 0.3) is 0 Å². The molecule has 0 spiro atoms. The molecule has 0 fully saturated rings. The lowest BCUT2D eigenvalue weighted by Crippen LogP contribution is -2.22. The van der Waals surface area contributed by atoms with E-state index >= 15 is 0 Å². The van der Waals surface area contributed by atoms with E-state index in [4.69, 9.17) is 5.11 Å². The maximum Gasteiger partial charge on any atom is 0.303 e. The Morgan fingerprint density at radius 3 is 2.21 bits per heavy atom. The molecular formula is C9H18N2O3. The predicted molar refractivity (Wildman–Crippen MR) is 53.0 cm³/mol. The monoisotopic (exact) mass is 202 g/mol. The lowest BCUT2D eigenvalue weighted by atomic mass is 10.3. The fourth-order valence-corrected chi connectivity index (χ4v) is 0.989. The molecule has 14 heavy (non-hydrogen) atoms. The van der Waals surface area contributed by atoms with E-state index < -0.39 is 5.97 Å². The van der Waals surface area contributed by atoms with E-state index in [-0.39, 0.29) is 12.3 Å². The highest BCUT2D eigenvalue weighted by Gasteiger charge is 1.97. The van der Waals surface area contributed by atoms with Gasteiger partial charge in [-0.25, -0.2) is 0 Å². The summed E-state index contributed by atoms with van der Waals surface area (Å²) in [6, 6.07) is 0. The summed E-state index contributed by atoms with van der Waals surface area (Å²) in [4.78, 5) is 20.9. The van der Waals surface area contributed by atoms with Crippen LogP contribution in [0.1, 0.15) is 25.7 Å². The van der Waals surface area contributed by atoms with Crippen LogP contribution in [-0.4, -0.2) is 37.1 Å². The van der Waals surface area contributed by atoms with Crippen LogP contribution in [0.4, 0.5) is 0 Å². The highest BCUT2D eigenvalue weighted by atomic mass is 16.4. The summed E-state index contributed by atoms with van der Waals surface area (Å²) < 4.78 is 0. The first-order chi connectivity index (χ1) is 6.66. The van der Waals surface area contributed by atoms with Crippen LogP contribution in [0.3, 0.4) is 0 Å². The second-order valence-corrected chi connectivity index (χ2v) is 3.02. The van der Waals surface area contributed by atoms with Crippen LogP contribution in [0, 0.1) is 0 Å². The number of carboxylic acids is 1. The van der Waals surface area contributed by atoms with Gasteiger partial charge in [0.05, 0.1) is 0 Å². The second kappa shape index (κ2) is 8.50. The largest absolute Gasteiger partial charge is 0.481 e. The van der Waals surface area contributed by atoms with E-state index in [2.05, 4.69) is 10.6 Å². The Labute approximate surface area is 83.9 Å². The number of carboxylic acid groups (broad SMARTS) is 1. The number of aliphatic carboxylic acids is 1. The van der Waals surface area contributed by atoms with E-state index in [0.717, 1.165) is 13.0 Å². The highest BCUT2D eigenvalue weighted by molar-refractivity contribution is 5.75. The summed E-state index contributed by atoms with van der Waals surface area (Å²) in [5, 5.41) is 14.0. The van der Waals surface area contributed by atoms with Crippen molar-refractivity contribution in [2.24, 2.45) is 0 Å². The quantitative estimate of drug-likeness (QED) is 0.483. The van der Waals surface area contributed by atoms with E-state index in [1.165, 1.54) is 0 Å². The molecule has 0 rings (SSSR count). The van der Waals surface area contributed by atoms with Crippen molar-refractivity contribution < 1.29 is 14.7 Å². The molecule has 5 heteroatoms. The zero-order valence-corrected chi connectivity index (χ0v) is 8.51. The van der Waals surface area contributed by atoms with E-state index in [9.17, 15) is 9.59 Å². The Morgan fingerprint density at radius 2 is 1.71 bits per heavy atom. The Hall–Kier alpha value is -1.10. The van der Waals surface area contributed by atoms with Crippen LogP contribution >= 0.6 is 0 Å². The average molecular weight is 202 g/mol. The van der Waals surface area contributed by atoms with Gasteiger partial charge in [0.25, 0.3) is 0 Å². The fraction of sp³-hybridized carbons (Fsp3) is 0.778. The molecule has 0 aromatic rings. The summed E-state index contributed by atoms with van der Waals surface area (Å²) in [6.07, 6.45) is 2.13. The molecule has 3 N–H and O–H groups in total. The molecule has 5 nitrogen and oxygen atoms in total. The molecule has 0 aromatic carbocycles. The van der Waals surface area contributed by atoms with Gasteiger partial charge in [-0.05, 0) is 25.9 Å². The lowest BCUT2D eigenvalue weighted by Gasteiger charge is -2.02. The Balaban J connectivity index is 3.06. The van der Waals surface area contributed by atoms with Crippen molar-refractivity contribution >= 4 is 11.9 Å². The normalized spacial score (nSPS) is 9.79. The molecule has 0 saturated heterocycles. The van der Waals surface area contributed by atoms with Crippen LogP contribution in [0.5, 0.6) is 0 Å². The van der Waals surface area contributed by atoms with Gasteiger partial charge < -0.3 is 15.7 Å². The number of hydrogen-bond acceptors (Lipinski definition) is 3. The lowest BCUT2D eigenvalue weighted by molar-refractivity contribution is -0.137. The van der Waals surface area contributed by atoms with E-state index in [1.807, 2.05) is 0 Å². The molecule has 0 aliphatic rings. The van der Waals surface area contributed by atoms with Gasteiger partial charge in [0.2, 0.25) is 5.91 Å². The SMILES string of the molecule is CNC(=O)CCCNCCCC(=O)O. The van der Waals surface area contributed by atoms with Crippen molar-refractivity contribution in [1.29, 1.82) is 0 Å². The van der Waals surface area contributed by atoms with Crippen molar-refractivity contribution in [3.8, 4) is 0 Å². The smallest absolute Gasteiger partial charge is 0.303 e. The Kier molecular flexibility index (Phi) is 7.83. The first kappa shape index (κ1) is 12.9. The molecule has 0 aliphatic heterocycles. The van der Waals surface area contributed by atoms with Crippen LogP contribution < -0.4 is 10.6 Å². The molecule has 0 radical (unpaired) electrons. The summed E-state index contributed by atoms with van der Waals surface area (Å²) in [7, 11) is 1.61. The number of rotatable bonds is 8. The number of hydrogen-bond donors (Lipinski definition) is 3. The minimum absolute atomic E-state index is 0.0392. The Bertz CT molecular complexity index is 183. The van der Waals surface area contributed by atoms with Gasteiger partial charge in [-0.1, -0.05) is 0 Å². The molecule has 82 valence electrons. The maximum atomic E-state index is 10.8. The highest BCUT2D eigenvalue weighted by Crippen LogP contribution is 1.88. The maximum absolute atomic E-state index is 10.8. The number of amides is 1. The second-order valence-electron chi connectivity index (χ2n) is 3.02. The van der Waals surface area contributed by atoms with Crippen molar-refractivity contribution in [2.45, 2.75) is 25.7 Å². The first-order valence-electron chi connectivity index (χ1n) is 4.80. The van der Waals surface area contributed by atoms with Gasteiger partial charge in [-0.2, -0.15) is 0 Å². The molecule has 0 aromatic heterocycles. The standard InChI is InChI=1S/C9H18N2O3/c1-10-8(12)4-2-6-11-7-3-5-9(13)14/h11H,2-7H2,1H3,(H,10,12)(H,13,14). The molecule has 0 atom stereocenters. The van der Waals surface area contributed by atoms with Crippen LogP contribution in [0.15, 0.2) is 0 Å². The van der Waals surface area contributed by atoms with Gasteiger partial charge in [0.1, 0.15) is 0 Å². The minimum atomic E-state index is -0.767. The van der Waals surface area contributed by atoms with Gasteiger partial charge in [0.15, 0.2) is 0 Å². The third-order valence-corrected chi connectivity index (χ3v) is 1.78. The zero-order valence-electron chi connectivity index (χ0n) is 8.51. The van der Waals surface area contributed by atoms with Crippen molar-refractivity contribution in [3.05, 3.63) is 0 Å². The summed E-state index contributed by atoms with van der Waals surface area (Å²) in [6.45, 7) is 1.45. The Morgan fingerprint density at radius 1 is 1.14 bits per heavy atom.